The molecule has 2 fully saturated rings. The largest absolute Gasteiger partial charge is 0.334 e. The number of hydrogen-bond donors (Lipinski definition) is 0. The van der Waals surface area contributed by atoms with Crippen molar-refractivity contribution >= 4 is 11.8 Å². The molecule has 3 heterocycles. The lowest BCUT2D eigenvalue weighted by atomic mass is 10.1. The number of nitrogens with zero attached hydrogens (tertiary/aromatic N) is 4. The molecule has 1 aromatic heterocycles. The van der Waals surface area contributed by atoms with Crippen molar-refractivity contribution in [2.24, 2.45) is 11.8 Å². The summed E-state index contributed by atoms with van der Waals surface area (Å²) in [7, 11) is 0. The quantitative estimate of drug-likeness (QED) is 0.815. The first-order valence-corrected chi connectivity index (χ1v) is 8.40. The van der Waals surface area contributed by atoms with Gasteiger partial charge < -0.3 is 4.90 Å². The van der Waals surface area contributed by atoms with Gasteiger partial charge in [0.25, 0.3) is 5.91 Å². The van der Waals surface area contributed by atoms with Gasteiger partial charge in [0.2, 0.25) is 5.91 Å². The maximum atomic E-state index is 12.8. The van der Waals surface area contributed by atoms with E-state index in [9.17, 15) is 9.59 Å². The lowest BCUT2D eigenvalue weighted by Crippen LogP contribution is -2.49. The van der Waals surface area contributed by atoms with E-state index in [2.05, 4.69) is 12.0 Å². The van der Waals surface area contributed by atoms with Crippen LogP contribution in [0.3, 0.4) is 0 Å². The Morgan fingerprint density at radius 1 is 1.30 bits per heavy atom. The van der Waals surface area contributed by atoms with Gasteiger partial charge in [0.05, 0.1) is 25.4 Å². The van der Waals surface area contributed by atoms with Gasteiger partial charge in [-0.05, 0) is 31.2 Å². The van der Waals surface area contributed by atoms with E-state index in [0.717, 1.165) is 25.0 Å². The van der Waals surface area contributed by atoms with Crippen molar-refractivity contribution in [3.8, 4) is 0 Å². The number of fused-ring (bicyclic) bond motifs is 1. The summed E-state index contributed by atoms with van der Waals surface area (Å²) in [6.07, 6.45) is 4.58. The van der Waals surface area contributed by atoms with E-state index in [1.165, 1.54) is 5.06 Å². The van der Waals surface area contributed by atoms with Gasteiger partial charge in [-0.15, -0.1) is 0 Å². The Labute approximate surface area is 135 Å². The van der Waals surface area contributed by atoms with Gasteiger partial charge in [0, 0.05) is 18.7 Å². The van der Waals surface area contributed by atoms with E-state index in [1.807, 2.05) is 11.0 Å². The summed E-state index contributed by atoms with van der Waals surface area (Å²) in [5, 5.41) is 5.75. The summed E-state index contributed by atoms with van der Waals surface area (Å²) < 4.78 is 1.75. The summed E-state index contributed by atoms with van der Waals surface area (Å²) in [5.41, 5.74) is 0.910. The van der Waals surface area contributed by atoms with Crippen LogP contribution < -0.4 is 0 Å². The molecule has 2 aliphatic heterocycles. The second-order valence-corrected chi connectivity index (χ2v) is 6.80. The minimum atomic E-state index is -0.482. The Hall–Kier alpha value is -1.89. The Morgan fingerprint density at radius 3 is 2.83 bits per heavy atom. The molecular formula is C16H22N4O3. The van der Waals surface area contributed by atoms with Crippen LogP contribution in [0.2, 0.25) is 0 Å². The molecule has 4 rings (SSSR count). The van der Waals surface area contributed by atoms with Crippen molar-refractivity contribution in [2.45, 2.75) is 38.8 Å². The molecule has 1 aliphatic carbocycles. The molecule has 7 nitrogen and oxygen atoms in total. The second kappa shape index (κ2) is 5.63. The molecule has 0 aromatic carbocycles. The zero-order chi connectivity index (χ0) is 16.0. The van der Waals surface area contributed by atoms with Gasteiger partial charge in [-0.25, -0.2) is 5.06 Å². The molecule has 3 atom stereocenters. The monoisotopic (exact) mass is 318 g/mol. The minimum absolute atomic E-state index is 0.101. The van der Waals surface area contributed by atoms with Gasteiger partial charge in [0.15, 0.2) is 6.04 Å². The van der Waals surface area contributed by atoms with Crippen LogP contribution in [0.5, 0.6) is 0 Å². The fraction of sp³-hybridized carbons (Fsp3) is 0.688. The highest BCUT2D eigenvalue weighted by molar-refractivity contribution is 5.84. The molecule has 1 aromatic rings. The van der Waals surface area contributed by atoms with Crippen LogP contribution in [0.4, 0.5) is 0 Å². The van der Waals surface area contributed by atoms with Crippen LogP contribution in [0.1, 0.15) is 37.9 Å². The average Bonchev–Trinajstić information content (AvgIpc) is 3.12. The highest BCUT2D eigenvalue weighted by atomic mass is 16.7. The predicted octanol–water partition coefficient (Wildman–Crippen LogP) is 0.976. The molecule has 23 heavy (non-hydrogen) atoms. The standard InChI is InChI=1S/C16H22N4O3/c1-11-8-13(11)15(21)18-9-12-4-5-17-20(12)14(10-18)16(22)19-6-2-3-7-23-19/h4-5,11,13-14H,2-3,6-10H2,1H3. The number of aromatic nitrogens is 2. The fourth-order valence-corrected chi connectivity index (χ4v) is 3.48. The SMILES string of the molecule is CC1CC1C(=O)N1Cc2ccnn2C(C(=O)N2CCCCO2)C1. The van der Waals surface area contributed by atoms with Crippen molar-refractivity contribution in [1.82, 2.24) is 19.7 Å². The summed E-state index contributed by atoms with van der Waals surface area (Å²) >= 11 is 0. The molecule has 3 unspecified atom stereocenters. The maximum Gasteiger partial charge on any atom is 0.272 e. The predicted molar refractivity (Wildman–Crippen MR) is 80.9 cm³/mol. The molecule has 1 saturated heterocycles. The lowest BCUT2D eigenvalue weighted by Gasteiger charge is -2.36. The van der Waals surface area contributed by atoms with E-state index >= 15 is 0 Å². The van der Waals surface area contributed by atoms with Crippen LogP contribution in [-0.4, -0.2) is 51.3 Å². The zero-order valence-corrected chi connectivity index (χ0v) is 13.4. The van der Waals surface area contributed by atoms with Gasteiger partial charge in [-0.1, -0.05) is 6.92 Å². The number of amides is 2. The van der Waals surface area contributed by atoms with Crippen molar-refractivity contribution in [3.63, 3.8) is 0 Å². The molecule has 124 valence electrons. The highest BCUT2D eigenvalue weighted by Gasteiger charge is 2.44. The van der Waals surface area contributed by atoms with E-state index in [0.29, 0.717) is 32.2 Å². The number of hydroxylamine groups is 2. The highest BCUT2D eigenvalue weighted by Crippen LogP contribution is 2.40. The molecule has 7 heteroatoms. The number of carbonyl (C=O) groups excluding carboxylic acids is 2. The second-order valence-electron chi connectivity index (χ2n) is 6.80. The molecular weight excluding hydrogens is 296 g/mol. The summed E-state index contributed by atoms with van der Waals surface area (Å²) in [5.74, 6) is 0.665. The Bertz CT molecular complexity index is 623. The zero-order valence-electron chi connectivity index (χ0n) is 13.4. The summed E-state index contributed by atoms with van der Waals surface area (Å²) in [6.45, 7) is 4.20. The topological polar surface area (TPSA) is 67.7 Å². The molecule has 0 bridgehead atoms. The van der Waals surface area contributed by atoms with E-state index in [1.54, 1.807) is 10.9 Å². The first-order valence-electron chi connectivity index (χ1n) is 8.40. The van der Waals surface area contributed by atoms with Crippen molar-refractivity contribution < 1.29 is 14.4 Å². The normalized spacial score (nSPS) is 30.0. The molecule has 2 amide bonds. The minimum Gasteiger partial charge on any atom is -0.334 e. The van der Waals surface area contributed by atoms with Crippen LogP contribution in [0.15, 0.2) is 12.3 Å². The Morgan fingerprint density at radius 2 is 2.13 bits per heavy atom. The first kappa shape index (κ1) is 14.7. The van der Waals surface area contributed by atoms with Crippen LogP contribution in [0.25, 0.3) is 0 Å². The first-order chi connectivity index (χ1) is 11.1. The van der Waals surface area contributed by atoms with Crippen LogP contribution >= 0.6 is 0 Å². The summed E-state index contributed by atoms with van der Waals surface area (Å²) in [4.78, 5) is 32.7. The van der Waals surface area contributed by atoms with Crippen LogP contribution in [-0.2, 0) is 21.0 Å². The number of rotatable bonds is 2. The fourth-order valence-electron chi connectivity index (χ4n) is 3.48. The van der Waals surface area contributed by atoms with Gasteiger partial charge in [0.1, 0.15) is 0 Å². The van der Waals surface area contributed by atoms with Crippen LogP contribution in [0, 0.1) is 11.8 Å². The molecule has 0 radical (unpaired) electrons. The lowest BCUT2D eigenvalue weighted by molar-refractivity contribution is -0.201. The van der Waals surface area contributed by atoms with Gasteiger partial charge in [-0.2, -0.15) is 5.10 Å². The molecule has 0 N–H and O–H groups in total. The van der Waals surface area contributed by atoms with Gasteiger partial charge >= 0.3 is 0 Å². The van der Waals surface area contributed by atoms with Crippen molar-refractivity contribution in [3.05, 3.63) is 18.0 Å². The third-order valence-corrected chi connectivity index (χ3v) is 5.07. The molecule has 0 spiro atoms. The third-order valence-electron chi connectivity index (χ3n) is 5.07. The average molecular weight is 318 g/mol. The Kier molecular flexibility index (Phi) is 3.60. The van der Waals surface area contributed by atoms with E-state index in [-0.39, 0.29) is 17.7 Å². The van der Waals surface area contributed by atoms with Gasteiger partial charge in [-0.3, -0.25) is 19.1 Å². The number of hydrogen-bond acceptors (Lipinski definition) is 4. The van der Waals surface area contributed by atoms with Crippen molar-refractivity contribution in [2.75, 3.05) is 19.7 Å². The summed E-state index contributed by atoms with van der Waals surface area (Å²) in [6, 6.07) is 1.40. The van der Waals surface area contributed by atoms with Crippen molar-refractivity contribution in [1.29, 1.82) is 0 Å². The molecule has 3 aliphatic rings. The maximum absolute atomic E-state index is 12.8. The number of carbonyl (C=O) groups is 2. The molecule has 1 saturated carbocycles. The smallest absolute Gasteiger partial charge is 0.272 e. The third kappa shape index (κ3) is 2.63. The van der Waals surface area contributed by atoms with E-state index < -0.39 is 6.04 Å². The van der Waals surface area contributed by atoms with E-state index in [4.69, 9.17) is 4.84 Å². The Balaban J connectivity index is 1.55.